The van der Waals surface area contributed by atoms with Crippen molar-refractivity contribution in [2.24, 2.45) is 0 Å². The van der Waals surface area contributed by atoms with Gasteiger partial charge < -0.3 is 14.7 Å². The highest BCUT2D eigenvalue weighted by atomic mass is 32.1. The molecule has 0 fully saturated rings. The van der Waals surface area contributed by atoms with Crippen molar-refractivity contribution in [2.75, 3.05) is 11.9 Å². The van der Waals surface area contributed by atoms with Crippen molar-refractivity contribution in [3.05, 3.63) is 58.1 Å². The number of hydrogen-bond donors (Lipinski definition) is 3. The molecule has 0 aliphatic rings. The second-order valence-electron chi connectivity index (χ2n) is 4.68. The fraction of sp³-hybridized carbons (Fsp3) is 0.0667. The fourth-order valence-corrected chi connectivity index (χ4v) is 2.61. The average molecular weight is 344 g/mol. The van der Waals surface area contributed by atoms with E-state index in [0.29, 0.717) is 5.13 Å². The Balaban J connectivity index is 1.55. The van der Waals surface area contributed by atoms with Crippen LogP contribution in [0.3, 0.4) is 0 Å². The lowest BCUT2D eigenvalue weighted by Crippen LogP contribution is -2.21. The van der Waals surface area contributed by atoms with Crippen LogP contribution in [-0.2, 0) is 9.53 Å². The monoisotopic (exact) mass is 344 g/mol. The molecule has 1 aromatic carbocycles. The van der Waals surface area contributed by atoms with Gasteiger partial charge in [-0.05, 0) is 0 Å². The summed E-state index contributed by atoms with van der Waals surface area (Å²) < 4.78 is 4.80. The molecular formula is C15H12N4O4S. The van der Waals surface area contributed by atoms with E-state index in [9.17, 15) is 14.4 Å². The molecule has 2 aromatic heterocycles. The number of H-pyrrole nitrogens is 2. The number of esters is 1. The van der Waals surface area contributed by atoms with E-state index in [1.54, 1.807) is 0 Å². The minimum Gasteiger partial charge on any atom is -0.451 e. The number of benzene rings is 1. The summed E-state index contributed by atoms with van der Waals surface area (Å²) in [6.45, 7) is -0.480. The predicted molar refractivity (Wildman–Crippen MR) is 87.9 cm³/mol. The first kappa shape index (κ1) is 15.7. The van der Waals surface area contributed by atoms with Gasteiger partial charge in [0.25, 0.3) is 5.91 Å². The molecule has 24 heavy (non-hydrogen) atoms. The molecular weight excluding hydrogens is 332 g/mol. The number of anilines is 1. The Labute approximate surface area is 139 Å². The van der Waals surface area contributed by atoms with Crippen molar-refractivity contribution >= 4 is 28.3 Å². The third kappa shape index (κ3) is 3.76. The second kappa shape index (κ2) is 6.92. The van der Waals surface area contributed by atoms with Crippen molar-refractivity contribution in [1.82, 2.24) is 15.0 Å². The van der Waals surface area contributed by atoms with Gasteiger partial charge in [-0.1, -0.05) is 30.3 Å². The fourth-order valence-electron chi connectivity index (χ4n) is 1.88. The summed E-state index contributed by atoms with van der Waals surface area (Å²) >= 11 is 1.27. The van der Waals surface area contributed by atoms with Crippen molar-refractivity contribution < 1.29 is 14.3 Å². The van der Waals surface area contributed by atoms with E-state index in [2.05, 4.69) is 20.3 Å². The molecule has 3 N–H and O–H groups in total. The number of aromatic amines is 2. The van der Waals surface area contributed by atoms with Crippen LogP contribution >= 0.6 is 11.3 Å². The van der Waals surface area contributed by atoms with E-state index in [1.807, 2.05) is 35.7 Å². The number of thiazole rings is 1. The van der Waals surface area contributed by atoms with Crippen LogP contribution in [0.4, 0.5) is 5.13 Å². The lowest BCUT2D eigenvalue weighted by Gasteiger charge is -2.03. The Bertz CT molecular complexity index is 913. The van der Waals surface area contributed by atoms with E-state index in [-0.39, 0.29) is 5.69 Å². The summed E-state index contributed by atoms with van der Waals surface area (Å²) in [5.41, 5.74) is 1.12. The van der Waals surface area contributed by atoms with Gasteiger partial charge in [0.05, 0.1) is 5.69 Å². The van der Waals surface area contributed by atoms with Crippen molar-refractivity contribution in [3.8, 4) is 11.3 Å². The SMILES string of the molecule is O=C(COC(=O)c1c[nH]c(=O)[nH]1)Nc1nc(-c2ccccc2)cs1. The normalized spacial score (nSPS) is 10.3. The van der Waals surface area contributed by atoms with Gasteiger partial charge in [0.1, 0.15) is 5.69 Å². The molecule has 1 amide bonds. The Morgan fingerprint density at radius 2 is 2.04 bits per heavy atom. The largest absolute Gasteiger partial charge is 0.451 e. The lowest BCUT2D eigenvalue weighted by atomic mass is 10.2. The van der Waals surface area contributed by atoms with Gasteiger partial charge in [-0.25, -0.2) is 14.6 Å². The molecule has 0 saturated heterocycles. The second-order valence-corrected chi connectivity index (χ2v) is 5.54. The van der Waals surface area contributed by atoms with Gasteiger partial charge in [0.15, 0.2) is 11.7 Å². The highest BCUT2D eigenvalue weighted by Crippen LogP contribution is 2.24. The molecule has 0 saturated carbocycles. The first-order valence-electron chi connectivity index (χ1n) is 6.87. The predicted octanol–water partition coefficient (Wildman–Crippen LogP) is 1.62. The molecule has 3 aromatic rings. The van der Waals surface area contributed by atoms with Crippen LogP contribution in [-0.4, -0.2) is 33.4 Å². The van der Waals surface area contributed by atoms with Crippen LogP contribution < -0.4 is 11.0 Å². The molecule has 9 heteroatoms. The number of hydrogen-bond acceptors (Lipinski definition) is 6. The molecule has 3 rings (SSSR count). The summed E-state index contributed by atoms with van der Waals surface area (Å²) in [6, 6.07) is 9.54. The Morgan fingerprint density at radius 1 is 1.25 bits per heavy atom. The molecule has 0 radical (unpaired) electrons. The number of nitrogens with one attached hydrogen (secondary N) is 3. The van der Waals surface area contributed by atoms with E-state index in [0.717, 1.165) is 11.3 Å². The summed E-state index contributed by atoms with van der Waals surface area (Å²) in [4.78, 5) is 43.1. The Kier molecular flexibility index (Phi) is 4.52. The summed E-state index contributed by atoms with van der Waals surface area (Å²) in [7, 11) is 0. The maximum Gasteiger partial charge on any atom is 0.356 e. The van der Waals surface area contributed by atoms with E-state index in [1.165, 1.54) is 17.5 Å². The highest BCUT2D eigenvalue weighted by Gasteiger charge is 2.13. The minimum atomic E-state index is -0.799. The van der Waals surface area contributed by atoms with Gasteiger partial charge in [-0.3, -0.25) is 10.1 Å². The molecule has 122 valence electrons. The zero-order valence-corrected chi connectivity index (χ0v) is 13.1. The number of carbonyl (C=O) groups is 2. The molecule has 0 bridgehead atoms. The standard InChI is InChI=1S/C15H12N4O4S/c20-12(7-23-13(21)10-6-16-14(22)17-10)19-15-18-11(8-24-15)9-4-2-1-3-5-9/h1-6,8H,7H2,(H2,16,17,22)(H,18,19,20). The quantitative estimate of drug-likeness (QED) is 0.608. The number of rotatable bonds is 5. The maximum absolute atomic E-state index is 11.8. The molecule has 0 unspecified atom stereocenters. The molecule has 0 aliphatic heterocycles. The van der Waals surface area contributed by atoms with E-state index in [4.69, 9.17) is 4.74 Å². The maximum atomic E-state index is 11.8. The molecule has 8 nitrogen and oxygen atoms in total. The van der Waals surface area contributed by atoms with Crippen LogP contribution in [0.1, 0.15) is 10.5 Å². The van der Waals surface area contributed by atoms with Crippen LogP contribution in [0.5, 0.6) is 0 Å². The van der Waals surface area contributed by atoms with Crippen LogP contribution in [0.25, 0.3) is 11.3 Å². The minimum absolute atomic E-state index is 0.0478. The zero-order valence-electron chi connectivity index (χ0n) is 12.2. The smallest absolute Gasteiger partial charge is 0.356 e. The van der Waals surface area contributed by atoms with Crippen molar-refractivity contribution in [1.29, 1.82) is 0 Å². The highest BCUT2D eigenvalue weighted by molar-refractivity contribution is 7.14. The zero-order chi connectivity index (χ0) is 16.9. The Hall–Kier alpha value is -3.20. The number of amides is 1. The average Bonchev–Trinajstić information content (AvgIpc) is 3.23. The Morgan fingerprint density at radius 3 is 2.75 bits per heavy atom. The van der Waals surface area contributed by atoms with Crippen molar-refractivity contribution in [3.63, 3.8) is 0 Å². The van der Waals surface area contributed by atoms with E-state index >= 15 is 0 Å². The van der Waals surface area contributed by atoms with E-state index < -0.39 is 24.2 Å². The van der Waals surface area contributed by atoms with Crippen LogP contribution in [0.15, 0.2) is 46.7 Å². The van der Waals surface area contributed by atoms with Gasteiger partial charge in [-0.15, -0.1) is 11.3 Å². The molecule has 0 atom stereocenters. The van der Waals surface area contributed by atoms with Gasteiger partial charge in [-0.2, -0.15) is 0 Å². The van der Waals surface area contributed by atoms with Crippen LogP contribution in [0, 0.1) is 0 Å². The number of ether oxygens (including phenoxy) is 1. The summed E-state index contributed by atoms with van der Waals surface area (Å²) in [5.74, 6) is -1.32. The number of carbonyl (C=O) groups excluding carboxylic acids is 2. The van der Waals surface area contributed by atoms with Gasteiger partial charge in [0.2, 0.25) is 0 Å². The summed E-state index contributed by atoms with van der Waals surface area (Å²) in [6.07, 6.45) is 1.18. The number of aromatic nitrogens is 3. The van der Waals surface area contributed by atoms with Gasteiger partial charge >= 0.3 is 11.7 Å². The molecule has 2 heterocycles. The first-order chi connectivity index (χ1) is 11.6. The van der Waals surface area contributed by atoms with Crippen LogP contribution in [0.2, 0.25) is 0 Å². The van der Waals surface area contributed by atoms with Gasteiger partial charge in [0, 0.05) is 17.1 Å². The third-order valence-electron chi connectivity index (χ3n) is 2.97. The summed E-state index contributed by atoms with van der Waals surface area (Å²) in [5, 5.41) is 4.78. The first-order valence-corrected chi connectivity index (χ1v) is 7.75. The van der Waals surface area contributed by atoms with Crippen molar-refractivity contribution in [2.45, 2.75) is 0 Å². The number of imidazole rings is 1. The number of nitrogens with zero attached hydrogens (tertiary/aromatic N) is 1. The molecule has 0 aliphatic carbocycles. The topological polar surface area (TPSA) is 117 Å². The lowest BCUT2D eigenvalue weighted by molar-refractivity contribution is -0.119. The molecule has 0 spiro atoms. The third-order valence-corrected chi connectivity index (χ3v) is 3.73.